The van der Waals surface area contributed by atoms with Crippen LogP contribution in [0.4, 0.5) is 4.39 Å². The van der Waals surface area contributed by atoms with Crippen LogP contribution >= 0.6 is 11.3 Å². The van der Waals surface area contributed by atoms with Crippen molar-refractivity contribution in [2.75, 3.05) is 19.8 Å². The molecule has 5 nitrogen and oxygen atoms in total. The van der Waals surface area contributed by atoms with Gasteiger partial charge in [0.2, 0.25) is 0 Å². The van der Waals surface area contributed by atoms with Gasteiger partial charge in [-0.3, -0.25) is 0 Å². The molecule has 24 heavy (non-hydrogen) atoms. The second-order valence-electron chi connectivity index (χ2n) is 5.78. The topological polar surface area (TPSA) is 68.7 Å². The number of thiazole rings is 1. The molecule has 1 aliphatic rings. The smallest absolute Gasteiger partial charge is 0.338 e. The molecule has 2 heterocycles. The first-order chi connectivity index (χ1) is 11.5. The molecule has 1 saturated heterocycles. The molecule has 7 heteroatoms. The lowest BCUT2D eigenvalue weighted by atomic mass is 10.0. The Morgan fingerprint density at radius 2 is 2.21 bits per heavy atom. The SMILES string of the molecule is Cc1cnc(-c2cc(OCC3CCOCC3)cc(C(=O)O)c2F)s1. The lowest BCUT2D eigenvalue weighted by Gasteiger charge is -2.22. The van der Waals surface area contributed by atoms with Crippen molar-refractivity contribution >= 4 is 17.3 Å². The Hall–Kier alpha value is -1.99. The standard InChI is InChI=1S/C17H18FNO4S/c1-10-8-19-16(24-10)13-6-12(7-14(15(13)18)17(20)21)23-9-11-2-4-22-5-3-11/h6-8,11H,2-5,9H2,1H3,(H,20,21). The minimum atomic E-state index is -1.32. The second kappa shape index (κ2) is 7.27. The maximum absolute atomic E-state index is 14.5. The first-order valence-corrected chi connectivity index (χ1v) is 8.56. The summed E-state index contributed by atoms with van der Waals surface area (Å²) in [4.78, 5) is 16.4. The molecule has 0 amide bonds. The van der Waals surface area contributed by atoms with Gasteiger partial charge in [0.1, 0.15) is 16.6 Å². The Morgan fingerprint density at radius 1 is 1.46 bits per heavy atom. The van der Waals surface area contributed by atoms with E-state index in [2.05, 4.69) is 4.98 Å². The third-order valence-electron chi connectivity index (χ3n) is 3.95. The molecule has 1 fully saturated rings. The second-order valence-corrected chi connectivity index (χ2v) is 7.02. The summed E-state index contributed by atoms with van der Waals surface area (Å²) in [7, 11) is 0. The van der Waals surface area contributed by atoms with E-state index in [1.165, 1.54) is 23.5 Å². The fraction of sp³-hybridized carbons (Fsp3) is 0.412. The number of aryl methyl sites for hydroxylation is 1. The molecule has 0 atom stereocenters. The van der Waals surface area contributed by atoms with E-state index < -0.39 is 17.3 Å². The first-order valence-electron chi connectivity index (χ1n) is 7.75. The number of carbonyl (C=O) groups is 1. The van der Waals surface area contributed by atoms with E-state index in [1.807, 2.05) is 6.92 Å². The molecule has 0 saturated carbocycles. The van der Waals surface area contributed by atoms with Crippen LogP contribution in [-0.2, 0) is 4.74 Å². The predicted octanol–water partition coefficient (Wildman–Crippen LogP) is 3.76. The number of nitrogens with zero attached hydrogens (tertiary/aromatic N) is 1. The highest BCUT2D eigenvalue weighted by atomic mass is 32.1. The zero-order valence-electron chi connectivity index (χ0n) is 13.3. The van der Waals surface area contributed by atoms with Crippen LogP contribution < -0.4 is 4.74 Å². The van der Waals surface area contributed by atoms with Crippen LogP contribution in [-0.4, -0.2) is 35.9 Å². The van der Waals surface area contributed by atoms with Crippen LogP contribution in [0, 0.1) is 18.7 Å². The van der Waals surface area contributed by atoms with Gasteiger partial charge in [-0.05, 0) is 37.8 Å². The van der Waals surface area contributed by atoms with Crippen molar-refractivity contribution in [3.05, 3.63) is 34.6 Å². The summed E-state index contributed by atoms with van der Waals surface area (Å²) >= 11 is 1.31. The van der Waals surface area contributed by atoms with Crippen molar-refractivity contribution in [2.45, 2.75) is 19.8 Å². The highest BCUT2D eigenvalue weighted by Crippen LogP contribution is 2.33. The highest BCUT2D eigenvalue weighted by molar-refractivity contribution is 7.14. The molecule has 3 rings (SSSR count). The van der Waals surface area contributed by atoms with Crippen LogP contribution in [0.1, 0.15) is 28.1 Å². The van der Waals surface area contributed by atoms with Crippen LogP contribution in [0.2, 0.25) is 0 Å². The molecule has 0 aliphatic carbocycles. The molecular formula is C17H18FNO4S. The monoisotopic (exact) mass is 351 g/mol. The summed E-state index contributed by atoms with van der Waals surface area (Å²) < 4.78 is 25.6. The van der Waals surface area contributed by atoms with Crippen molar-refractivity contribution in [1.82, 2.24) is 4.98 Å². The molecule has 1 aliphatic heterocycles. The van der Waals surface area contributed by atoms with Crippen molar-refractivity contribution in [1.29, 1.82) is 0 Å². The zero-order chi connectivity index (χ0) is 17.1. The minimum absolute atomic E-state index is 0.162. The van der Waals surface area contributed by atoms with E-state index in [0.29, 0.717) is 36.5 Å². The fourth-order valence-electron chi connectivity index (χ4n) is 2.60. The summed E-state index contributed by atoms with van der Waals surface area (Å²) in [5, 5.41) is 9.70. The van der Waals surface area contributed by atoms with Crippen molar-refractivity contribution < 1.29 is 23.8 Å². The number of benzene rings is 1. The van der Waals surface area contributed by atoms with E-state index in [0.717, 1.165) is 17.7 Å². The van der Waals surface area contributed by atoms with Gasteiger partial charge in [0.15, 0.2) is 0 Å². The average Bonchev–Trinajstić information content (AvgIpc) is 3.00. The molecule has 2 aromatic rings. The van der Waals surface area contributed by atoms with Gasteiger partial charge in [0, 0.05) is 24.3 Å². The maximum Gasteiger partial charge on any atom is 0.338 e. The van der Waals surface area contributed by atoms with Gasteiger partial charge in [-0.25, -0.2) is 14.2 Å². The molecular weight excluding hydrogens is 333 g/mol. The number of ether oxygens (including phenoxy) is 2. The quantitative estimate of drug-likeness (QED) is 0.888. The summed E-state index contributed by atoms with van der Waals surface area (Å²) in [5.74, 6) is -1.39. The van der Waals surface area contributed by atoms with E-state index in [4.69, 9.17) is 9.47 Å². The third-order valence-corrected chi connectivity index (χ3v) is 4.90. The van der Waals surface area contributed by atoms with Crippen molar-refractivity contribution in [2.24, 2.45) is 5.92 Å². The van der Waals surface area contributed by atoms with E-state index >= 15 is 0 Å². The highest BCUT2D eigenvalue weighted by Gasteiger charge is 2.21. The van der Waals surface area contributed by atoms with Gasteiger partial charge in [-0.2, -0.15) is 0 Å². The van der Waals surface area contributed by atoms with E-state index in [1.54, 1.807) is 6.20 Å². The molecule has 128 valence electrons. The van der Waals surface area contributed by atoms with Gasteiger partial charge >= 0.3 is 5.97 Å². The number of hydrogen-bond donors (Lipinski definition) is 1. The van der Waals surface area contributed by atoms with Crippen LogP contribution in [0.3, 0.4) is 0 Å². The summed E-state index contributed by atoms with van der Waals surface area (Å²) in [5.41, 5.74) is -0.239. The first kappa shape index (κ1) is 16.9. The lowest BCUT2D eigenvalue weighted by Crippen LogP contribution is -2.21. The van der Waals surface area contributed by atoms with E-state index in [9.17, 15) is 14.3 Å². The Balaban J connectivity index is 1.88. The lowest BCUT2D eigenvalue weighted by molar-refractivity contribution is 0.0497. The maximum atomic E-state index is 14.5. The molecule has 1 N–H and O–H groups in total. The minimum Gasteiger partial charge on any atom is -0.493 e. The number of halogens is 1. The molecule has 0 radical (unpaired) electrons. The molecule has 0 spiro atoms. The molecule has 0 bridgehead atoms. The van der Waals surface area contributed by atoms with Gasteiger partial charge < -0.3 is 14.6 Å². The summed E-state index contributed by atoms with van der Waals surface area (Å²) in [6.45, 7) is 3.75. The molecule has 1 aromatic carbocycles. The summed E-state index contributed by atoms with van der Waals surface area (Å²) in [6.07, 6.45) is 3.45. The number of carboxylic acid groups (broad SMARTS) is 1. The van der Waals surface area contributed by atoms with Gasteiger partial charge in [0.05, 0.1) is 17.7 Å². The van der Waals surface area contributed by atoms with Gasteiger partial charge in [0.25, 0.3) is 0 Å². The van der Waals surface area contributed by atoms with Gasteiger partial charge in [-0.1, -0.05) is 0 Å². The molecule has 0 unspecified atom stereocenters. The van der Waals surface area contributed by atoms with Crippen LogP contribution in [0.25, 0.3) is 10.6 Å². The number of aromatic carboxylic acids is 1. The fourth-order valence-corrected chi connectivity index (χ4v) is 3.37. The van der Waals surface area contributed by atoms with Crippen LogP contribution in [0.15, 0.2) is 18.3 Å². The number of aromatic nitrogens is 1. The Morgan fingerprint density at radius 3 is 2.83 bits per heavy atom. The van der Waals surface area contributed by atoms with Crippen molar-refractivity contribution in [3.8, 4) is 16.3 Å². The number of carboxylic acids is 1. The number of rotatable bonds is 5. The van der Waals surface area contributed by atoms with Gasteiger partial charge in [-0.15, -0.1) is 11.3 Å². The normalized spacial score (nSPS) is 15.4. The van der Waals surface area contributed by atoms with Crippen LogP contribution in [0.5, 0.6) is 5.75 Å². The number of hydrogen-bond acceptors (Lipinski definition) is 5. The van der Waals surface area contributed by atoms with E-state index in [-0.39, 0.29) is 5.56 Å². The Bertz CT molecular complexity index is 740. The third kappa shape index (κ3) is 3.73. The largest absolute Gasteiger partial charge is 0.493 e. The predicted molar refractivity (Wildman–Crippen MR) is 88.2 cm³/mol. The zero-order valence-corrected chi connectivity index (χ0v) is 14.1. The van der Waals surface area contributed by atoms with Crippen molar-refractivity contribution in [3.63, 3.8) is 0 Å². The Kier molecular flexibility index (Phi) is 5.11. The summed E-state index contributed by atoms with van der Waals surface area (Å²) in [6, 6.07) is 2.76. The Labute approximate surface area is 143 Å². The average molecular weight is 351 g/mol. The molecule has 1 aromatic heterocycles.